The number of rotatable bonds is 6. The number of nitrogens with zero attached hydrogens (tertiary/aromatic N) is 1. The predicted molar refractivity (Wildman–Crippen MR) is 67.3 cm³/mol. The Hall–Kier alpha value is -0.340. The fourth-order valence-corrected chi connectivity index (χ4v) is 3.43. The number of hydrogen-bond donors (Lipinski definition) is 1. The van der Waals surface area contributed by atoms with E-state index in [4.69, 9.17) is 0 Å². The van der Waals surface area contributed by atoms with Crippen molar-refractivity contribution in [3.63, 3.8) is 0 Å². The Morgan fingerprint density at radius 2 is 2.05 bits per heavy atom. The molecule has 0 aromatic carbocycles. The Kier molecular flexibility index (Phi) is 6.07. The van der Waals surface area contributed by atoms with Crippen LogP contribution in [0.25, 0.3) is 0 Å². The first kappa shape index (κ1) is 16.7. The van der Waals surface area contributed by atoms with Gasteiger partial charge in [0.05, 0.1) is 5.75 Å². The number of hydrogen-bond acceptors (Lipinski definition) is 3. The van der Waals surface area contributed by atoms with E-state index in [9.17, 15) is 21.6 Å². The molecule has 19 heavy (non-hydrogen) atoms. The summed E-state index contributed by atoms with van der Waals surface area (Å²) in [5, 5.41) is 3.18. The van der Waals surface area contributed by atoms with Crippen LogP contribution in [0.4, 0.5) is 13.2 Å². The van der Waals surface area contributed by atoms with Crippen LogP contribution in [0, 0.1) is 5.92 Å². The summed E-state index contributed by atoms with van der Waals surface area (Å²) in [5.41, 5.74) is 0. The molecule has 0 amide bonds. The first-order valence-electron chi connectivity index (χ1n) is 6.42. The van der Waals surface area contributed by atoms with E-state index in [0.717, 1.165) is 25.9 Å². The molecule has 0 spiro atoms. The summed E-state index contributed by atoms with van der Waals surface area (Å²) in [5.74, 6) is -0.195. The van der Waals surface area contributed by atoms with Crippen molar-refractivity contribution in [1.82, 2.24) is 9.62 Å². The Morgan fingerprint density at radius 1 is 1.37 bits per heavy atom. The summed E-state index contributed by atoms with van der Waals surface area (Å²) in [6.45, 7) is 2.09. The maximum absolute atomic E-state index is 12.0. The normalized spacial score (nSPS) is 21.8. The molecule has 0 bridgehead atoms. The molecular formula is C11H21F3N2O2S. The zero-order valence-corrected chi connectivity index (χ0v) is 11.9. The molecule has 4 nitrogen and oxygen atoms in total. The molecule has 1 rings (SSSR count). The highest BCUT2D eigenvalue weighted by molar-refractivity contribution is 7.89. The average Bonchev–Trinajstić information content (AvgIpc) is 2.28. The van der Waals surface area contributed by atoms with Crippen LogP contribution in [0.15, 0.2) is 0 Å². The third-order valence-electron chi connectivity index (χ3n) is 3.25. The summed E-state index contributed by atoms with van der Waals surface area (Å²) in [7, 11) is -2.13. The highest BCUT2D eigenvalue weighted by atomic mass is 32.2. The Balaban J connectivity index is 2.38. The van der Waals surface area contributed by atoms with E-state index >= 15 is 0 Å². The lowest BCUT2D eigenvalue weighted by Crippen LogP contribution is -2.40. The quantitative estimate of drug-likeness (QED) is 0.810. The Labute approximate surface area is 112 Å². The zero-order chi connectivity index (χ0) is 14.5. The molecule has 0 radical (unpaired) electrons. The second-order valence-corrected chi connectivity index (χ2v) is 7.22. The predicted octanol–water partition coefficient (Wildman–Crippen LogP) is 1.59. The zero-order valence-electron chi connectivity index (χ0n) is 11.0. The van der Waals surface area contributed by atoms with Gasteiger partial charge in [-0.2, -0.15) is 13.2 Å². The van der Waals surface area contributed by atoms with Gasteiger partial charge in [0.15, 0.2) is 0 Å². The van der Waals surface area contributed by atoms with Crippen molar-refractivity contribution in [3.8, 4) is 0 Å². The number of alkyl halides is 3. The van der Waals surface area contributed by atoms with Gasteiger partial charge in [-0.1, -0.05) is 0 Å². The standard InChI is InChI=1S/C11H21F3N2O2S/c1-16(9-10-4-2-6-15-8-10)19(17,18)7-3-5-11(12,13)14/h10,15H,2-9H2,1H3. The molecule has 1 N–H and O–H groups in total. The summed E-state index contributed by atoms with van der Waals surface area (Å²) in [6.07, 6.45) is -3.76. The van der Waals surface area contributed by atoms with E-state index in [-0.39, 0.29) is 12.3 Å². The van der Waals surface area contributed by atoms with Crippen LogP contribution < -0.4 is 5.32 Å². The minimum atomic E-state index is -4.29. The molecule has 114 valence electrons. The summed E-state index contributed by atoms with van der Waals surface area (Å²) >= 11 is 0. The van der Waals surface area contributed by atoms with Gasteiger partial charge < -0.3 is 5.32 Å². The van der Waals surface area contributed by atoms with E-state index in [2.05, 4.69) is 5.32 Å². The highest BCUT2D eigenvalue weighted by Gasteiger charge is 2.29. The molecule has 1 unspecified atom stereocenters. The van der Waals surface area contributed by atoms with Crippen molar-refractivity contribution in [1.29, 1.82) is 0 Å². The van der Waals surface area contributed by atoms with E-state index in [1.165, 1.54) is 11.4 Å². The Bertz CT molecular complexity index is 365. The molecule has 8 heteroatoms. The summed E-state index contributed by atoms with van der Waals surface area (Å²) in [4.78, 5) is 0. The number of nitrogens with one attached hydrogen (secondary N) is 1. The van der Waals surface area contributed by atoms with Crippen molar-refractivity contribution < 1.29 is 21.6 Å². The van der Waals surface area contributed by atoms with E-state index < -0.39 is 28.4 Å². The molecule has 1 aliphatic rings. The lowest BCUT2D eigenvalue weighted by atomic mass is 10.00. The van der Waals surface area contributed by atoms with Crippen LogP contribution in [0.2, 0.25) is 0 Å². The maximum atomic E-state index is 12.0. The van der Waals surface area contributed by atoms with E-state index in [0.29, 0.717) is 6.54 Å². The van der Waals surface area contributed by atoms with E-state index in [1.54, 1.807) is 0 Å². The minimum Gasteiger partial charge on any atom is -0.316 e. The van der Waals surface area contributed by atoms with Gasteiger partial charge >= 0.3 is 6.18 Å². The van der Waals surface area contributed by atoms with Gasteiger partial charge in [-0.05, 0) is 38.3 Å². The lowest BCUT2D eigenvalue weighted by molar-refractivity contribution is -0.134. The molecule has 0 aromatic heterocycles. The van der Waals surface area contributed by atoms with Gasteiger partial charge in [0.2, 0.25) is 10.0 Å². The van der Waals surface area contributed by atoms with Crippen LogP contribution in [-0.4, -0.2) is 51.3 Å². The van der Waals surface area contributed by atoms with Crippen LogP contribution >= 0.6 is 0 Å². The van der Waals surface area contributed by atoms with Crippen LogP contribution in [0.5, 0.6) is 0 Å². The fourth-order valence-electron chi connectivity index (χ4n) is 2.17. The molecule has 1 fully saturated rings. The van der Waals surface area contributed by atoms with Gasteiger partial charge in [0, 0.05) is 20.0 Å². The largest absolute Gasteiger partial charge is 0.389 e. The molecule has 1 aliphatic heterocycles. The number of piperidine rings is 1. The molecule has 1 heterocycles. The second kappa shape index (κ2) is 6.90. The fraction of sp³-hybridized carbons (Fsp3) is 1.00. The average molecular weight is 302 g/mol. The van der Waals surface area contributed by atoms with Crippen molar-refractivity contribution in [2.45, 2.75) is 31.9 Å². The van der Waals surface area contributed by atoms with Gasteiger partial charge in [-0.25, -0.2) is 12.7 Å². The molecule has 0 aliphatic carbocycles. The first-order chi connectivity index (χ1) is 8.71. The van der Waals surface area contributed by atoms with Crippen molar-refractivity contribution in [2.75, 3.05) is 32.4 Å². The topological polar surface area (TPSA) is 49.4 Å². The van der Waals surface area contributed by atoms with Crippen molar-refractivity contribution in [3.05, 3.63) is 0 Å². The first-order valence-corrected chi connectivity index (χ1v) is 8.03. The van der Waals surface area contributed by atoms with Gasteiger partial charge in [-0.15, -0.1) is 0 Å². The SMILES string of the molecule is CN(CC1CCCNC1)S(=O)(=O)CCCC(F)(F)F. The lowest BCUT2D eigenvalue weighted by Gasteiger charge is -2.27. The third kappa shape index (κ3) is 6.58. The Morgan fingerprint density at radius 3 is 2.58 bits per heavy atom. The smallest absolute Gasteiger partial charge is 0.316 e. The van der Waals surface area contributed by atoms with Crippen LogP contribution in [-0.2, 0) is 10.0 Å². The summed E-state index contributed by atoms with van der Waals surface area (Å²) < 4.78 is 60.8. The maximum Gasteiger partial charge on any atom is 0.389 e. The number of sulfonamides is 1. The highest BCUT2D eigenvalue weighted by Crippen LogP contribution is 2.22. The van der Waals surface area contributed by atoms with Gasteiger partial charge in [0.25, 0.3) is 0 Å². The minimum absolute atomic E-state index is 0.246. The van der Waals surface area contributed by atoms with E-state index in [1.807, 2.05) is 0 Å². The molecule has 1 atom stereocenters. The molecule has 0 saturated carbocycles. The number of halogens is 3. The molecule has 1 saturated heterocycles. The van der Waals surface area contributed by atoms with Crippen molar-refractivity contribution in [2.24, 2.45) is 5.92 Å². The summed E-state index contributed by atoms with van der Waals surface area (Å²) in [6, 6.07) is 0. The third-order valence-corrected chi connectivity index (χ3v) is 5.16. The van der Waals surface area contributed by atoms with Gasteiger partial charge in [-0.3, -0.25) is 0 Å². The molecular weight excluding hydrogens is 281 g/mol. The monoisotopic (exact) mass is 302 g/mol. The van der Waals surface area contributed by atoms with Gasteiger partial charge in [0.1, 0.15) is 0 Å². The molecule has 0 aromatic rings. The van der Waals surface area contributed by atoms with Crippen LogP contribution in [0.1, 0.15) is 25.7 Å². The van der Waals surface area contributed by atoms with Crippen LogP contribution in [0.3, 0.4) is 0 Å². The second-order valence-electron chi connectivity index (χ2n) is 5.03. The van der Waals surface area contributed by atoms with Crippen molar-refractivity contribution >= 4 is 10.0 Å².